The van der Waals surface area contributed by atoms with Crippen molar-refractivity contribution in [3.05, 3.63) is 23.9 Å². The highest BCUT2D eigenvalue weighted by Gasteiger charge is 2.44. The summed E-state index contributed by atoms with van der Waals surface area (Å²) in [6.45, 7) is 8.78. The molecule has 1 unspecified atom stereocenters. The van der Waals surface area contributed by atoms with Gasteiger partial charge in [-0.1, -0.05) is 11.8 Å². The molecule has 20 heavy (non-hydrogen) atoms. The van der Waals surface area contributed by atoms with Crippen molar-refractivity contribution in [3.63, 3.8) is 0 Å². The van der Waals surface area contributed by atoms with Gasteiger partial charge >= 0.3 is 0 Å². The Morgan fingerprint density at radius 1 is 1.30 bits per heavy atom. The second-order valence-corrected chi connectivity index (χ2v) is 6.05. The number of aromatic nitrogens is 1. The van der Waals surface area contributed by atoms with Crippen LogP contribution in [0, 0.1) is 11.8 Å². The maximum atomic E-state index is 6.08. The number of pyridine rings is 1. The molecule has 0 radical (unpaired) electrons. The molecule has 0 aliphatic carbocycles. The number of nitrogens with two attached hydrogens (primary N) is 1. The van der Waals surface area contributed by atoms with Crippen molar-refractivity contribution in [2.75, 3.05) is 12.3 Å². The quantitative estimate of drug-likeness (QED) is 0.799. The van der Waals surface area contributed by atoms with E-state index in [0.717, 1.165) is 5.56 Å². The SMILES string of the molecule is CC1(C)OCC(CC#Cc2ccc(N)nc2)OC1(C)C. The number of hydrogen-bond donors (Lipinski definition) is 1. The molecule has 0 bridgehead atoms. The molecule has 4 heteroatoms. The number of anilines is 1. The van der Waals surface area contributed by atoms with Crippen molar-refractivity contribution in [2.24, 2.45) is 0 Å². The molecule has 108 valence electrons. The third kappa shape index (κ3) is 3.30. The third-order valence-corrected chi connectivity index (χ3v) is 3.89. The number of hydrogen-bond acceptors (Lipinski definition) is 4. The molecule has 2 rings (SSSR count). The molecular weight excluding hydrogens is 252 g/mol. The smallest absolute Gasteiger partial charge is 0.123 e. The maximum Gasteiger partial charge on any atom is 0.123 e. The summed E-state index contributed by atoms with van der Waals surface area (Å²) in [4.78, 5) is 4.01. The standard InChI is InChI=1S/C16H22N2O2/c1-15(2)16(3,4)20-13(11-19-15)7-5-6-12-8-9-14(17)18-10-12/h8-10,13H,7,11H2,1-4H3,(H2,17,18). The molecule has 1 atom stereocenters. The molecule has 0 saturated carbocycles. The van der Waals surface area contributed by atoms with Crippen LogP contribution in [0.5, 0.6) is 0 Å². The average Bonchev–Trinajstić information content (AvgIpc) is 2.36. The average molecular weight is 274 g/mol. The highest BCUT2D eigenvalue weighted by molar-refractivity contribution is 5.37. The Morgan fingerprint density at radius 2 is 2.05 bits per heavy atom. The number of ether oxygens (including phenoxy) is 2. The topological polar surface area (TPSA) is 57.4 Å². The van der Waals surface area contributed by atoms with Gasteiger partial charge in [0.1, 0.15) is 5.82 Å². The largest absolute Gasteiger partial charge is 0.384 e. The van der Waals surface area contributed by atoms with E-state index < -0.39 is 0 Å². The molecule has 2 heterocycles. The minimum absolute atomic E-state index is 0.00673. The van der Waals surface area contributed by atoms with Gasteiger partial charge in [0, 0.05) is 18.2 Å². The summed E-state index contributed by atoms with van der Waals surface area (Å²) in [5, 5.41) is 0. The fourth-order valence-electron chi connectivity index (χ4n) is 1.91. The van der Waals surface area contributed by atoms with E-state index in [-0.39, 0.29) is 17.3 Å². The van der Waals surface area contributed by atoms with Gasteiger partial charge in [-0.15, -0.1) is 0 Å². The molecule has 4 nitrogen and oxygen atoms in total. The molecule has 1 aliphatic rings. The predicted molar refractivity (Wildman–Crippen MR) is 79.1 cm³/mol. The van der Waals surface area contributed by atoms with Gasteiger partial charge < -0.3 is 15.2 Å². The van der Waals surface area contributed by atoms with Crippen molar-refractivity contribution >= 4 is 5.82 Å². The molecule has 1 aromatic rings. The van der Waals surface area contributed by atoms with Crippen LogP contribution in [0.1, 0.15) is 39.7 Å². The summed E-state index contributed by atoms with van der Waals surface area (Å²) in [7, 11) is 0. The second-order valence-electron chi connectivity index (χ2n) is 6.05. The van der Waals surface area contributed by atoms with Crippen LogP contribution in [-0.4, -0.2) is 28.9 Å². The molecule has 0 aromatic carbocycles. The van der Waals surface area contributed by atoms with E-state index in [4.69, 9.17) is 15.2 Å². The first-order chi connectivity index (χ1) is 9.30. The van der Waals surface area contributed by atoms with Gasteiger partial charge in [0.2, 0.25) is 0 Å². The normalized spacial score (nSPS) is 23.7. The fourth-order valence-corrected chi connectivity index (χ4v) is 1.91. The lowest BCUT2D eigenvalue weighted by Crippen LogP contribution is -2.56. The van der Waals surface area contributed by atoms with Crippen LogP contribution in [-0.2, 0) is 9.47 Å². The zero-order chi connectivity index (χ0) is 14.8. The first kappa shape index (κ1) is 14.8. The van der Waals surface area contributed by atoms with Gasteiger partial charge in [-0.3, -0.25) is 0 Å². The molecular formula is C16H22N2O2. The molecule has 2 N–H and O–H groups in total. The molecule has 0 spiro atoms. The summed E-state index contributed by atoms with van der Waals surface area (Å²) in [6.07, 6.45) is 2.32. The summed E-state index contributed by atoms with van der Waals surface area (Å²) in [6, 6.07) is 3.61. The third-order valence-electron chi connectivity index (χ3n) is 3.89. The fraction of sp³-hybridized carbons (Fsp3) is 0.562. The van der Waals surface area contributed by atoms with Crippen LogP contribution in [0.4, 0.5) is 5.82 Å². The highest BCUT2D eigenvalue weighted by atomic mass is 16.6. The van der Waals surface area contributed by atoms with Crippen molar-refractivity contribution in [1.82, 2.24) is 4.98 Å². The maximum absolute atomic E-state index is 6.08. The lowest BCUT2D eigenvalue weighted by atomic mass is 9.87. The van der Waals surface area contributed by atoms with E-state index in [0.29, 0.717) is 18.8 Å². The van der Waals surface area contributed by atoms with Crippen molar-refractivity contribution in [2.45, 2.75) is 51.4 Å². The predicted octanol–water partition coefficient (Wildman–Crippen LogP) is 2.38. The van der Waals surface area contributed by atoms with Gasteiger partial charge in [-0.25, -0.2) is 4.98 Å². The van der Waals surface area contributed by atoms with Crippen LogP contribution in [0.3, 0.4) is 0 Å². The molecule has 1 aliphatic heterocycles. The Morgan fingerprint density at radius 3 is 2.65 bits per heavy atom. The zero-order valence-electron chi connectivity index (χ0n) is 12.6. The Labute approximate surface area is 120 Å². The molecule has 1 saturated heterocycles. The number of nitrogens with zero attached hydrogens (tertiary/aromatic N) is 1. The van der Waals surface area contributed by atoms with E-state index in [1.807, 2.05) is 6.07 Å². The Balaban J connectivity index is 1.95. The summed E-state index contributed by atoms with van der Waals surface area (Å²) in [5.41, 5.74) is 5.79. The van der Waals surface area contributed by atoms with E-state index in [2.05, 4.69) is 44.5 Å². The van der Waals surface area contributed by atoms with E-state index in [1.54, 1.807) is 12.3 Å². The van der Waals surface area contributed by atoms with Gasteiger partial charge in [-0.05, 0) is 39.8 Å². The van der Waals surface area contributed by atoms with E-state index >= 15 is 0 Å². The minimum Gasteiger partial charge on any atom is -0.384 e. The van der Waals surface area contributed by atoms with Gasteiger partial charge in [-0.2, -0.15) is 0 Å². The van der Waals surface area contributed by atoms with Crippen LogP contribution in [0.15, 0.2) is 18.3 Å². The first-order valence-electron chi connectivity index (χ1n) is 6.82. The van der Waals surface area contributed by atoms with Crippen LogP contribution >= 0.6 is 0 Å². The van der Waals surface area contributed by atoms with Crippen molar-refractivity contribution in [3.8, 4) is 11.8 Å². The van der Waals surface area contributed by atoms with Crippen LogP contribution in [0.25, 0.3) is 0 Å². The number of nitrogen functional groups attached to an aromatic ring is 1. The minimum atomic E-state index is -0.319. The zero-order valence-corrected chi connectivity index (χ0v) is 12.6. The van der Waals surface area contributed by atoms with Gasteiger partial charge in [0.15, 0.2) is 0 Å². The van der Waals surface area contributed by atoms with Crippen molar-refractivity contribution in [1.29, 1.82) is 0 Å². The van der Waals surface area contributed by atoms with Crippen LogP contribution in [0.2, 0.25) is 0 Å². The van der Waals surface area contributed by atoms with E-state index in [9.17, 15) is 0 Å². The summed E-state index contributed by atoms with van der Waals surface area (Å²) < 4.78 is 12.0. The van der Waals surface area contributed by atoms with Gasteiger partial charge in [0.25, 0.3) is 0 Å². The van der Waals surface area contributed by atoms with Gasteiger partial charge in [0.05, 0.1) is 23.9 Å². The lowest BCUT2D eigenvalue weighted by molar-refractivity contribution is -0.260. The monoisotopic (exact) mass is 274 g/mol. The van der Waals surface area contributed by atoms with E-state index in [1.165, 1.54) is 0 Å². The molecule has 1 fully saturated rings. The Kier molecular flexibility index (Phi) is 4.03. The first-order valence-corrected chi connectivity index (χ1v) is 6.82. The van der Waals surface area contributed by atoms with Crippen molar-refractivity contribution < 1.29 is 9.47 Å². The summed E-state index contributed by atoms with van der Waals surface area (Å²) in [5.74, 6) is 6.69. The van der Waals surface area contributed by atoms with Crippen LogP contribution < -0.4 is 5.73 Å². The second kappa shape index (κ2) is 5.43. The Bertz CT molecular complexity index is 524. The molecule has 0 amide bonds. The summed E-state index contributed by atoms with van der Waals surface area (Å²) >= 11 is 0. The Hall–Kier alpha value is -1.57. The lowest BCUT2D eigenvalue weighted by Gasteiger charge is -2.47. The number of rotatable bonds is 1. The molecule has 1 aromatic heterocycles. The highest BCUT2D eigenvalue weighted by Crippen LogP contribution is 2.34.